The lowest BCUT2D eigenvalue weighted by molar-refractivity contribution is 0.0917. The summed E-state index contributed by atoms with van der Waals surface area (Å²) < 4.78 is 18.7. The monoisotopic (exact) mass is 266 g/mol. The summed E-state index contributed by atoms with van der Waals surface area (Å²) in [6, 6.07) is 2.64. The lowest BCUT2D eigenvalue weighted by Crippen LogP contribution is -2.27. The second-order valence-corrected chi connectivity index (χ2v) is 4.12. The Kier molecular flexibility index (Phi) is 6.02. The number of carbonyl (C=O) groups is 1. The molecule has 0 bridgehead atoms. The molecular weight excluding hydrogens is 247 g/mol. The van der Waals surface area contributed by atoms with Crippen molar-refractivity contribution in [3.05, 3.63) is 41.7 Å². The second-order valence-electron chi connectivity index (χ2n) is 4.12. The van der Waals surface area contributed by atoms with Gasteiger partial charge in [0.15, 0.2) is 0 Å². The summed E-state index contributed by atoms with van der Waals surface area (Å²) in [5, 5.41) is 2.64. The van der Waals surface area contributed by atoms with E-state index in [-0.39, 0.29) is 17.2 Å². The lowest BCUT2D eigenvalue weighted by atomic mass is 10.1. The fourth-order valence-corrected chi connectivity index (χ4v) is 1.44. The summed E-state index contributed by atoms with van der Waals surface area (Å²) in [7, 11) is 0. The number of hydrogen-bond donors (Lipinski definition) is 2. The number of hydrogen-bond acceptors (Lipinski definition) is 3. The molecule has 0 aliphatic rings. The molecule has 1 rings (SSSR count). The van der Waals surface area contributed by atoms with Crippen LogP contribution in [0.3, 0.4) is 0 Å². The highest BCUT2D eigenvalue weighted by Crippen LogP contribution is 2.17. The van der Waals surface area contributed by atoms with Gasteiger partial charge < -0.3 is 15.8 Å². The van der Waals surface area contributed by atoms with Crippen LogP contribution >= 0.6 is 0 Å². The topological polar surface area (TPSA) is 64.3 Å². The van der Waals surface area contributed by atoms with Crippen molar-refractivity contribution in [2.75, 3.05) is 25.5 Å². The van der Waals surface area contributed by atoms with Gasteiger partial charge in [-0.2, -0.15) is 0 Å². The Morgan fingerprint density at radius 3 is 2.89 bits per heavy atom. The molecule has 1 aromatic carbocycles. The Bertz CT molecular complexity index is 438. The zero-order valence-corrected chi connectivity index (χ0v) is 11.0. The molecule has 1 amide bonds. The zero-order valence-electron chi connectivity index (χ0n) is 11.0. The molecule has 5 heteroatoms. The lowest BCUT2D eigenvalue weighted by Gasteiger charge is -2.08. The van der Waals surface area contributed by atoms with Gasteiger partial charge >= 0.3 is 0 Å². The number of halogens is 1. The van der Waals surface area contributed by atoms with Crippen LogP contribution in [-0.2, 0) is 4.74 Å². The van der Waals surface area contributed by atoms with Crippen LogP contribution in [0.4, 0.5) is 10.1 Å². The standard InChI is InChI=1S/C14H19FN2O2/c1-3-4-6-19-7-5-17-14(18)11-8-12(15)10(2)13(16)9-11/h3,8-9H,1,4-7,16H2,2H3,(H,17,18). The molecule has 3 N–H and O–H groups in total. The van der Waals surface area contributed by atoms with Crippen molar-refractivity contribution in [3.63, 3.8) is 0 Å². The molecule has 0 aliphatic heterocycles. The zero-order chi connectivity index (χ0) is 14.3. The van der Waals surface area contributed by atoms with Crippen LogP contribution in [0.25, 0.3) is 0 Å². The number of ether oxygens (including phenoxy) is 1. The smallest absolute Gasteiger partial charge is 0.251 e. The average Bonchev–Trinajstić information content (AvgIpc) is 2.39. The van der Waals surface area contributed by atoms with Crippen molar-refractivity contribution in [1.29, 1.82) is 0 Å². The minimum absolute atomic E-state index is 0.215. The van der Waals surface area contributed by atoms with Gasteiger partial charge in [-0.1, -0.05) is 6.08 Å². The Balaban J connectivity index is 2.43. The van der Waals surface area contributed by atoms with Crippen LogP contribution in [0, 0.1) is 12.7 Å². The number of nitrogens with one attached hydrogen (secondary N) is 1. The van der Waals surface area contributed by atoms with Gasteiger partial charge in [0.05, 0.1) is 13.2 Å². The summed E-state index contributed by atoms with van der Waals surface area (Å²) in [4.78, 5) is 11.7. The van der Waals surface area contributed by atoms with E-state index in [9.17, 15) is 9.18 Å². The molecule has 0 saturated heterocycles. The number of nitrogen functional groups attached to an aromatic ring is 1. The molecule has 104 valence electrons. The summed E-state index contributed by atoms with van der Waals surface area (Å²) in [5.41, 5.74) is 6.45. The van der Waals surface area contributed by atoms with Crippen LogP contribution < -0.4 is 11.1 Å². The summed E-state index contributed by atoms with van der Waals surface area (Å²) >= 11 is 0. The minimum atomic E-state index is -0.479. The van der Waals surface area contributed by atoms with E-state index in [0.29, 0.717) is 25.3 Å². The molecule has 1 aromatic rings. The van der Waals surface area contributed by atoms with E-state index in [1.54, 1.807) is 13.0 Å². The maximum atomic E-state index is 13.4. The van der Waals surface area contributed by atoms with E-state index in [4.69, 9.17) is 10.5 Å². The first kappa shape index (κ1) is 15.2. The normalized spacial score (nSPS) is 10.2. The van der Waals surface area contributed by atoms with Crippen molar-refractivity contribution in [2.24, 2.45) is 0 Å². The average molecular weight is 266 g/mol. The maximum absolute atomic E-state index is 13.4. The first-order chi connectivity index (χ1) is 9.06. The third-order valence-electron chi connectivity index (χ3n) is 2.64. The maximum Gasteiger partial charge on any atom is 0.251 e. The van der Waals surface area contributed by atoms with Crippen LogP contribution in [0.15, 0.2) is 24.8 Å². The minimum Gasteiger partial charge on any atom is -0.398 e. The number of carbonyl (C=O) groups excluding carboxylic acids is 1. The molecular formula is C14H19FN2O2. The molecule has 0 spiro atoms. The highest BCUT2D eigenvalue weighted by atomic mass is 19.1. The summed E-state index contributed by atoms with van der Waals surface area (Å²) in [6.07, 6.45) is 2.53. The highest BCUT2D eigenvalue weighted by molar-refractivity contribution is 5.95. The van der Waals surface area contributed by atoms with E-state index >= 15 is 0 Å². The van der Waals surface area contributed by atoms with E-state index in [1.165, 1.54) is 12.1 Å². The molecule has 0 radical (unpaired) electrons. The van der Waals surface area contributed by atoms with Crippen LogP contribution in [0.5, 0.6) is 0 Å². The summed E-state index contributed by atoms with van der Waals surface area (Å²) in [6.45, 7) is 6.49. The Hall–Kier alpha value is -1.88. The quantitative estimate of drug-likeness (QED) is 0.451. The van der Waals surface area contributed by atoms with Gasteiger partial charge in [-0.15, -0.1) is 6.58 Å². The predicted molar refractivity (Wildman–Crippen MR) is 73.5 cm³/mol. The van der Waals surface area contributed by atoms with Crippen LogP contribution in [0.2, 0.25) is 0 Å². The Morgan fingerprint density at radius 2 is 2.26 bits per heavy atom. The first-order valence-corrected chi connectivity index (χ1v) is 6.08. The van der Waals surface area contributed by atoms with Gasteiger partial charge in [-0.05, 0) is 25.5 Å². The molecule has 4 nitrogen and oxygen atoms in total. The van der Waals surface area contributed by atoms with Crippen molar-refractivity contribution in [1.82, 2.24) is 5.32 Å². The predicted octanol–water partition coefficient (Wildman–Crippen LogP) is 2.04. The van der Waals surface area contributed by atoms with Gasteiger partial charge in [0.1, 0.15) is 5.82 Å². The van der Waals surface area contributed by atoms with E-state index < -0.39 is 5.82 Å². The van der Waals surface area contributed by atoms with Gasteiger partial charge in [0.2, 0.25) is 0 Å². The highest BCUT2D eigenvalue weighted by Gasteiger charge is 2.10. The number of benzene rings is 1. The molecule has 0 unspecified atom stereocenters. The number of nitrogens with two attached hydrogens (primary N) is 1. The van der Waals surface area contributed by atoms with Crippen molar-refractivity contribution in [3.8, 4) is 0 Å². The number of rotatable bonds is 7. The fourth-order valence-electron chi connectivity index (χ4n) is 1.44. The third kappa shape index (κ3) is 4.71. The Morgan fingerprint density at radius 1 is 1.53 bits per heavy atom. The SMILES string of the molecule is C=CCCOCCNC(=O)c1cc(N)c(C)c(F)c1. The first-order valence-electron chi connectivity index (χ1n) is 6.08. The van der Waals surface area contributed by atoms with E-state index in [2.05, 4.69) is 11.9 Å². The number of amides is 1. The van der Waals surface area contributed by atoms with Gasteiger partial charge in [-0.25, -0.2) is 4.39 Å². The van der Waals surface area contributed by atoms with Crippen molar-refractivity contribution >= 4 is 11.6 Å². The molecule has 0 aliphatic carbocycles. The van der Waals surface area contributed by atoms with Gasteiger partial charge in [0, 0.05) is 23.4 Å². The molecule has 0 fully saturated rings. The van der Waals surface area contributed by atoms with Crippen LogP contribution in [0.1, 0.15) is 22.3 Å². The molecule has 0 atom stereocenters. The van der Waals surface area contributed by atoms with Crippen LogP contribution in [-0.4, -0.2) is 25.7 Å². The molecule has 19 heavy (non-hydrogen) atoms. The number of anilines is 1. The van der Waals surface area contributed by atoms with Gasteiger partial charge in [-0.3, -0.25) is 4.79 Å². The second kappa shape index (κ2) is 7.53. The van der Waals surface area contributed by atoms with E-state index in [0.717, 1.165) is 6.42 Å². The molecule has 0 saturated carbocycles. The molecule has 0 aromatic heterocycles. The summed E-state index contributed by atoms with van der Waals surface area (Å²) in [5.74, 6) is -0.842. The fraction of sp³-hybridized carbons (Fsp3) is 0.357. The van der Waals surface area contributed by atoms with Crippen molar-refractivity contribution < 1.29 is 13.9 Å². The third-order valence-corrected chi connectivity index (χ3v) is 2.64. The Labute approximate surface area is 112 Å². The molecule has 0 heterocycles. The van der Waals surface area contributed by atoms with E-state index in [1.807, 2.05) is 0 Å². The van der Waals surface area contributed by atoms with Crippen molar-refractivity contribution in [2.45, 2.75) is 13.3 Å². The largest absolute Gasteiger partial charge is 0.398 e. The van der Waals surface area contributed by atoms with Gasteiger partial charge in [0.25, 0.3) is 5.91 Å².